The molecule has 0 saturated carbocycles. The number of aryl methyl sites for hydroxylation is 3. The average molecular weight is 435 g/mol. The third-order valence-corrected chi connectivity index (χ3v) is 4.23. The summed E-state index contributed by atoms with van der Waals surface area (Å²) in [5.74, 6) is 0.318. The van der Waals surface area contributed by atoms with Crippen LogP contribution in [0.1, 0.15) is 23.6 Å². The third-order valence-electron chi connectivity index (χ3n) is 3.77. The van der Waals surface area contributed by atoms with Crippen LogP contribution in [0, 0.1) is 20.8 Å². The van der Waals surface area contributed by atoms with Crippen LogP contribution in [0.25, 0.3) is 0 Å². The number of amides is 2. The van der Waals surface area contributed by atoms with Crippen LogP contribution in [-0.2, 0) is 9.59 Å². The molecule has 0 bridgehead atoms. The Morgan fingerprint density at radius 2 is 1.74 bits per heavy atom. The Balaban J connectivity index is 1.81. The first-order valence-electron chi connectivity index (χ1n) is 8.48. The van der Waals surface area contributed by atoms with Crippen LogP contribution in [0.5, 0.6) is 11.5 Å². The molecule has 0 aliphatic carbocycles. The lowest BCUT2D eigenvalue weighted by atomic mass is 10.1. The number of carbonyl (C=O) groups excluding carboxylic acids is 2. The Morgan fingerprint density at radius 1 is 1.07 bits per heavy atom. The van der Waals surface area contributed by atoms with Gasteiger partial charge >= 0.3 is 0 Å². The molecular formula is C20H23BrN2O4. The van der Waals surface area contributed by atoms with Crippen molar-refractivity contribution in [3.05, 3.63) is 57.6 Å². The van der Waals surface area contributed by atoms with Crippen LogP contribution in [0.3, 0.4) is 0 Å². The molecule has 2 rings (SSSR count). The highest BCUT2D eigenvalue weighted by Crippen LogP contribution is 2.28. The Hall–Kier alpha value is -2.54. The van der Waals surface area contributed by atoms with Crippen molar-refractivity contribution in [2.75, 3.05) is 6.61 Å². The van der Waals surface area contributed by atoms with Crippen LogP contribution in [-0.4, -0.2) is 24.5 Å². The predicted molar refractivity (Wildman–Crippen MR) is 107 cm³/mol. The number of hydrazine groups is 1. The zero-order valence-corrected chi connectivity index (χ0v) is 17.3. The highest BCUT2D eigenvalue weighted by molar-refractivity contribution is 9.10. The smallest absolute Gasteiger partial charge is 0.279 e. The van der Waals surface area contributed by atoms with Gasteiger partial charge in [-0.05, 0) is 68.7 Å². The minimum Gasteiger partial charge on any atom is -0.484 e. The summed E-state index contributed by atoms with van der Waals surface area (Å²) in [6.45, 7) is 7.16. The zero-order chi connectivity index (χ0) is 20.0. The van der Waals surface area contributed by atoms with Gasteiger partial charge in [0, 0.05) is 4.47 Å². The van der Waals surface area contributed by atoms with Crippen LogP contribution in [0.2, 0.25) is 0 Å². The van der Waals surface area contributed by atoms with Crippen molar-refractivity contribution in [2.45, 2.75) is 33.8 Å². The van der Waals surface area contributed by atoms with Gasteiger partial charge in [-0.2, -0.15) is 0 Å². The molecule has 0 aliphatic rings. The lowest BCUT2D eigenvalue weighted by Gasteiger charge is -2.18. The molecule has 2 amide bonds. The Bertz CT molecular complexity index is 815. The van der Waals surface area contributed by atoms with E-state index < -0.39 is 17.9 Å². The molecule has 2 N–H and O–H groups in total. The van der Waals surface area contributed by atoms with Crippen molar-refractivity contribution in [1.29, 1.82) is 0 Å². The van der Waals surface area contributed by atoms with Gasteiger partial charge in [0.15, 0.2) is 12.7 Å². The number of hydrogen-bond donors (Lipinski definition) is 2. The average Bonchev–Trinajstić information content (AvgIpc) is 2.60. The highest BCUT2D eigenvalue weighted by atomic mass is 79.9. The summed E-state index contributed by atoms with van der Waals surface area (Å²) in [6, 6.07) is 11.2. The molecule has 7 heteroatoms. The largest absolute Gasteiger partial charge is 0.484 e. The fraction of sp³-hybridized carbons (Fsp3) is 0.300. The molecule has 0 heterocycles. The van der Waals surface area contributed by atoms with E-state index >= 15 is 0 Å². The van der Waals surface area contributed by atoms with Gasteiger partial charge in [0.25, 0.3) is 11.8 Å². The number of nitrogens with one attached hydrogen (secondary N) is 2. The molecule has 27 heavy (non-hydrogen) atoms. The van der Waals surface area contributed by atoms with E-state index in [-0.39, 0.29) is 6.61 Å². The van der Waals surface area contributed by atoms with E-state index in [1.807, 2.05) is 51.1 Å². The van der Waals surface area contributed by atoms with Gasteiger partial charge in [0.2, 0.25) is 0 Å². The summed E-state index contributed by atoms with van der Waals surface area (Å²) in [5.41, 5.74) is 7.53. The Labute approximate surface area is 167 Å². The topological polar surface area (TPSA) is 76.7 Å². The maximum atomic E-state index is 12.2. The lowest BCUT2D eigenvalue weighted by Crippen LogP contribution is -2.48. The molecular weight excluding hydrogens is 412 g/mol. The van der Waals surface area contributed by atoms with E-state index in [0.717, 1.165) is 21.2 Å². The van der Waals surface area contributed by atoms with Crippen molar-refractivity contribution in [2.24, 2.45) is 0 Å². The summed E-state index contributed by atoms with van der Waals surface area (Å²) in [6.07, 6.45) is -0.776. The normalized spacial score (nSPS) is 11.4. The fourth-order valence-corrected chi connectivity index (χ4v) is 3.12. The molecule has 0 fully saturated rings. The molecule has 0 aliphatic heterocycles. The fourth-order valence-electron chi connectivity index (χ4n) is 2.44. The van der Waals surface area contributed by atoms with Crippen LogP contribution >= 0.6 is 15.9 Å². The minimum absolute atomic E-state index is 0.204. The molecule has 144 valence electrons. The first kappa shape index (κ1) is 20.8. The molecule has 0 saturated heterocycles. The molecule has 1 atom stereocenters. The van der Waals surface area contributed by atoms with E-state index in [0.29, 0.717) is 11.5 Å². The number of benzene rings is 2. The number of hydrogen-bond acceptors (Lipinski definition) is 4. The van der Waals surface area contributed by atoms with Gasteiger partial charge < -0.3 is 9.47 Å². The van der Waals surface area contributed by atoms with E-state index in [4.69, 9.17) is 9.47 Å². The number of halogens is 1. The Morgan fingerprint density at radius 3 is 2.37 bits per heavy atom. The van der Waals surface area contributed by atoms with Gasteiger partial charge in [-0.3, -0.25) is 20.4 Å². The molecule has 0 aromatic heterocycles. The second kappa shape index (κ2) is 9.41. The number of carbonyl (C=O) groups is 2. The molecule has 0 spiro atoms. The second-order valence-corrected chi connectivity index (χ2v) is 7.19. The quantitative estimate of drug-likeness (QED) is 0.683. The first-order chi connectivity index (χ1) is 12.8. The van der Waals surface area contributed by atoms with Crippen molar-refractivity contribution in [1.82, 2.24) is 10.9 Å². The third kappa shape index (κ3) is 6.29. The maximum Gasteiger partial charge on any atom is 0.279 e. The summed E-state index contributed by atoms with van der Waals surface area (Å²) < 4.78 is 12.1. The SMILES string of the molecule is Cc1cccc(OCC(=O)NNC(=O)C(C)Oc2c(C)cc(Br)cc2C)c1. The zero-order valence-electron chi connectivity index (χ0n) is 15.8. The van der Waals surface area contributed by atoms with E-state index in [9.17, 15) is 9.59 Å². The molecule has 2 aromatic rings. The Kier molecular flexibility index (Phi) is 7.24. The summed E-state index contributed by atoms with van der Waals surface area (Å²) >= 11 is 3.42. The van der Waals surface area contributed by atoms with Crippen molar-refractivity contribution >= 4 is 27.7 Å². The summed E-state index contributed by atoms with van der Waals surface area (Å²) in [5, 5.41) is 0. The highest BCUT2D eigenvalue weighted by Gasteiger charge is 2.18. The van der Waals surface area contributed by atoms with Crippen molar-refractivity contribution in [3.8, 4) is 11.5 Å². The first-order valence-corrected chi connectivity index (χ1v) is 9.27. The molecule has 0 radical (unpaired) electrons. The van der Waals surface area contributed by atoms with Crippen molar-refractivity contribution < 1.29 is 19.1 Å². The minimum atomic E-state index is -0.776. The van der Waals surface area contributed by atoms with Gasteiger partial charge in [0.05, 0.1) is 0 Å². The van der Waals surface area contributed by atoms with Gasteiger partial charge in [-0.25, -0.2) is 0 Å². The lowest BCUT2D eigenvalue weighted by molar-refractivity contribution is -0.133. The molecule has 6 nitrogen and oxygen atoms in total. The summed E-state index contributed by atoms with van der Waals surface area (Å²) in [7, 11) is 0. The van der Waals surface area contributed by atoms with Crippen LogP contribution < -0.4 is 20.3 Å². The number of ether oxygens (including phenoxy) is 2. The molecule has 1 unspecified atom stereocenters. The van der Waals surface area contributed by atoms with Gasteiger partial charge in [0.1, 0.15) is 11.5 Å². The van der Waals surface area contributed by atoms with E-state index in [2.05, 4.69) is 26.8 Å². The van der Waals surface area contributed by atoms with Crippen LogP contribution in [0.4, 0.5) is 0 Å². The number of rotatable bonds is 6. The van der Waals surface area contributed by atoms with Crippen molar-refractivity contribution in [3.63, 3.8) is 0 Å². The molecule has 2 aromatic carbocycles. The summed E-state index contributed by atoms with van der Waals surface area (Å²) in [4.78, 5) is 24.0. The monoisotopic (exact) mass is 434 g/mol. The predicted octanol–water partition coefficient (Wildman–Crippen LogP) is 3.37. The van der Waals surface area contributed by atoms with Gasteiger partial charge in [-0.1, -0.05) is 28.1 Å². The van der Waals surface area contributed by atoms with Crippen LogP contribution in [0.15, 0.2) is 40.9 Å². The van der Waals surface area contributed by atoms with E-state index in [1.165, 1.54) is 0 Å². The van der Waals surface area contributed by atoms with E-state index in [1.54, 1.807) is 13.0 Å². The van der Waals surface area contributed by atoms with Gasteiger partial charge in [-0.15, -0.1) is 0 Å². The second-order valence-electron chi connectivity index (χ2n) is 6.27. The standard InChI is InChI=1S/C20H23BrN2O4/c1-12-6-5-7-17(8-12)26-11-18(24)22-23-20(25)15(4)27-19-13(2)9-16(21)10-14(19)3/h5-10,15H,11H2,1-4H3,(H,22,24)(H,23,25). The maximum absolute atomic E-state index is 12.2.